The van der Waals surface area contributed by atoms with E-state index < -0.39 is 10.1 Å². The van der Waals surface area contributed by atoms with Crippen LogP contribution in [0.25, 0.3) is 5.82 Å². The monoisotopic (exact) mass is 268 g/mol. The van der Waals surface area contributed by atoms with Crippen molar-refractivity contribution in [3.05, 3.63) is 35.8 Å². The van der Waals surface area contributed by atoms with Crippen molar-refractivity contribution >= 4 is 10.1 Å². The van der Waals surface area contributed by atoms with E-state index in [2.05, 4.69) is 15.3 Å². The summed E-state index contributed by atoms with van der Waals surface area (Å²) in [5.41, 5.74) is 1.37. The third kappa shape index (κ3) is 3.11. The highest BCUT2D eigenvalue weighted by molar-refractivity contribution is 7.85. The van der Waals surface area contributed by atoms with Crippen molar-refractivity contribution in [2.45, 2.75) is 13.5 Å². The van der Waals surface area contributed by atoms with E-state index in [1.165, 1.54) is 4.68 Å². The van der Waals surface area contributed by atoms with E-state index in [0.717, 1.165) is 6.26 Å². The predicted octanol–water partition coefficient (Wildman–Crippen LogP) is 0.447. The van der Waals surface area contributed by atoms with Crippen molar-refractivity contribution < 1.29 is 12.6 Å². The molecule has 0 atom stereocenters. The Bertz CT molecular complexity index is 636. The van der Waals surface area contributed by atoms with Crippen molar-refractivity contribution in [3.63, 3.8) is 0 Å². The minimum absolute atomic E-state index is 0.0368. The molecule has 0 bridgehead atoms. The second-order valence-electron chi connectivity index (χ2n) is 3.73. The highest BCUT2D eigenvalue weighted by Crippen LogP contribution is 2.11. The van der Waals surface area contributed by atoms with Crippen LogP contribution in [0.4, 0.5) is 0 Å². The lowest BCUT2D eigenvalue weighted by molar-refractivity contribution is 0.311. The van der Waals surface area contributed by atoms with Gasteiger partial charge in [-0.2, -0.15) is 18.6 Å². The van der Waals surface area contributed by atoms with Gasteiger partial charge in [0.1, 0.15) is 0 Å². The Balaban J connectivity index is 2.23. The first kappa shape index (κ1) is 12.7. The molecule has 8 heteroatoms. The zero-order valence-electron chi connectivity index (χ0n) is 9.94. The van der Waals surface area contributed by atoms with Crippen molar-refractivity contribution in [1.29, 1.82) is 0 Å². The van der Waals surface area contributed by atoms with Gasteiger partial charge < -0.3 is 0 Å². The van der Waals surface area contributed by atoms with Crippen molar-refractivity contribution in [1.82, 2.24) is 20.0 Å². The summed E-state index contributed by atoms with van der Waals surface area (Å²) in [5, 5.41) is 11.9. The van der Waals surface area contributed by atoms with Crippen molar-refractivity contribution in [3.8, 4) is 5.82 Å². The molecule has 2 aromatic rings. The van der Waals surface area contributed by atoms with Gasteiger partial charge in [0.2, 0.25) is 0 Å². The van der Waals surface area contributed by atoms with E-state index in [0.29, 0.717) is 17.1 Å². The van der Waals surface area contributed by atoms with Crippen LogP contribution in [-0.2, 0) is 20.9 Å². The van der Waals surface area contributed by atoms with E-state index >= 15 is 0 Å². The molecule has 0 aliphatic carbocycles. The number of rotatable bonds is 4. The molecular formula is C10H12N4O3S. The first-order valence-electron chi connectivity index (χ1n) is 5.13. The zero-order valence-corrected chi connectivity index (χ0v) is 10.8. The Hall–Kier alpha value is -1.80. The van der Waals surface area contributed by atoms with Gasteiger partial charge >= 0.3 is 0 Å². The average molecular weight is 268 g/mol. The lowest BCUT2D eigenvalue weighted by Crippen LogP contribution is -2.02. The van der Waals surface area contributed by atoms with Crippen molar-refractivity contribution in [2.75, 3.05) is 6.26 Å². The highest BCUT2D eigenvalue weighted by atomic mass is 32.2. The van der Waals surface area contributed by atoms with Crippen LogP contribution in [0.15, 0.2) is 24.5 Å². The Morgan fingerprint density at radius 2 is 2.22 bits per heavy atom. The quantitative estimate of drug-likeness (QED) is 0.748. The molecule has 0 spiro atoms. The molecule has 0 aromatic carbocycles. The molecule has 0 fully saturated rings. The Morgan fingerprint density at radius 1 is 1.44 bits per heavy atom. The third-order valence-electron chi connectivity index (χ3n) is 2.22. The van der Waals surface area contributed by atoms with Gasteiger partial charge in [-0.25, -0.2) is 4.68 Å². The maximum absolute atomic E-state index is 10.9. The van der Waals surface area contributed by atoms with E-state index in [4.69, 9.17) is 4.18 Å². The average Bonchev–Trinajstić information content (AvgIpc) is 2.68. The summed E-state index contributed by atoms with van der Waals surface area (Å²) in [6.07, 6.45) is 4.24. The normalized spacial score (nSPS) is 11.7. The SMILES string of the molecule is Cc1nn(-c2cccnn2)cc1COS(C)(=O)=O. The second kappa shape index (κ2) is 4.83. The fourth-order valence-corrected chi connectivity index (χ4v) is 1.68. The Labute approximate surface area is 105 Å². The minimum atomic E-state index is -3.46. The summed E-state index contributed by atoms with van der Waals surface area (Å²) >= 11 is 0. The molecule has 2 aromatic heterocycles. The summed E-state index contributed by atoms with van der Waals surface area (Å²) in [6.45, 7) is 1.73. The number of hydrogen-bond donors (Lipinski definition) is 0. The summed E-state index contributed by atoms with van der Waals surface area (Å²) in [4.78, 5) is 0. The van der Waals surface area contributed by atoms with Gasteiger partial charge in [-0.15, -0.1) is 5.10 Å². The Morgan fingerprint density at radius 3 is 2.83 bits per heavy atom. The molecule has 0 amide bonds. The van der Waals surface area contributed by atoms with Crippen molar-refractivity contribution in [2.24, 2.45) is 0 Å². The number of aromatic nitrogens is 4. The predicted molar refractivity (Wildman–Crippen MR) is 63.5 cm³/mol. The molecule has 18 heavy (non-hydrogen) atoms. The summed E-state index contributed by atoms with van der Waals surface area (Å²) in [6, 6.07) is 3.49. The number of nitrogens with zero attached hydrogens (tertiary/aromatic N) is 4. The molecule has 0 unspecified atom stereocenters. The molecule has 0 saturated heterocycles. The molecular weight excluding hydrogens is 256 g/mol. The molecule has 0 radical (unpaired) electrons. The highest BCUT2D eigenvalue weighted by Gasteiger charge is 2.10. The first-order chi connectivity index (χ1) is 8.46. The minimum Gasteiger partial charge on any atom is -0.265 e. The zero-order chi connectivity index (χ0) is 13.2. The van der Waals surface area contributed by atoms with Gasteiger partial charge in [-0.05, 0) is 19.1 Å². The standard InChI is InChI=1S/C10H12N4O3S/c1-8-9(7-17-18(2,15)16)6-14(13-8)10-4-3-5-11-12-10/h3-6H,7H2,1-2H3. The van der Waals surface area contributed by atoms with Gasteiger partial charge in [0.15, 0.2) is 5.82 Å². The van der Waals surface area contributed by atoms with Crippen LogP contribution in [0.3, 0.4) is 0 Å². The summed E-state index contributed by atoms with van der Waals surface area (Å²) < 4.78 is 28.1. The van der Waals surface area contributed by atoms with Gasteiger partial charge in [-0.1, -0.05) is 0 Å². The summed E-state index contributed by atoms with van der Waals surface area (Å²) in [7, 11) is -3.46. The largest absolute Gasteiger partial charge is 0.265 e. The Kier molecular flexibility index (Phi) is 3.39. The number of hydrogen-bond acceptors (Lipinski definition) is 6. The topological polar surface area (TPSA) is 87.0 Å². The molecule has 2 rings (SSSR count). The van der Waals surface area contributed by atoms with E-state index in [9.17, 15) is 8.42 Å². The maximum atomic E-state index is 10.9. The lowest BCUT2D eigenvalue weighted by Gasteiger charge is -1.98. The molecule has 2 heterocycles. The van der Waals surface area contributed by atoms with E-state index in [-0.39, 0.29) is 6.61 Å². The second-order valence-corrected chi connectivity index (χ2v) is 5.38. The summed E-state index contributed by atoms with van der Waals surface area (Å²) in [5.74, 6) is 0.561. The molecule has 0 saturated carbocycles. The van der Waals surface area contributed by atoms with Crippen LogP contribution in [0.1, 0.15) is 11.3 Å². The lowest BCUT2D eigenvalue weighted by atomic mass is 10.3. The van der Waals surface area contributed by atoms with Gasteiger partial charge in [0.25, 0.3) is 10.1 Å². The molecule has 96 valence electrons. The maximum Gasteiger partial charge on any atom is 0.264 e. The van der Waals surface area contributed by atoms with E-state index in [1.54, 1.807) is 31.5 Å². The van der Waals surface area contributed by atoms with Crippen LogP contribution >= 0.6 is 0 Å². The van der Waals surface area contributed by atoms with Crippen LogP contribution in [-0.4, -0.2) is 34.7 Å². The van der Waals surface area contributed by atoms with Gasteiger partial charge in [0.05, 0.1) is 18.6 Å². The smallest absolute Gasteiger partial charge is 0.264 e. The fraction of sp³-hybridized carbons (Fsp3) is 0.300. The molecule has 0 N–H and O–H groups in total. The van der Waals surface area contributed by atoms with Gasteiger partial charge in [-0.3, -0.25) is 4.18 Å². The fourth-order valence-electron chi connectivity index (χ4n) is 1.34. The van der Waals surface area contributed by atoms with Crippen LogP contribution < -0.4 is 0 Å². The number of aryl methyl sites for hydroxylation is 1. The third-order valence-corrected chi connectivity index (χ3v) is 2.77. The van der Waals surface area contributed by atoms with Crippen LogP contribution in [0.5, 0.6) is 0 Å². The van der Waals surface area contributed by atoms with E-state index in [1.807, 2.05) is 0 Å². The first-order valence-corrected chi connectivity index (χ1v) is 6.95. The van der Waals surface area contributed by atoms with Crippen LogP contribution in [0.2, 0.25) is 0 Å². The van der Waals surface area contributed by atoms with Gasteiger partial charge in [0, 0.05) is 18.0 Å². The van der Waals surface area contributed by atoms with Crippen LogP contribution in [0, 0.1) is 6.92 Å². The molecule has 7 nitrogen and oxygen atoms in total. The molecule has 0 aliphatic heterocycles. The molecule has 0 aliphatic rings.